The molecule has 2 saturated carbocycles. The van der Waals surface area contributed by atoms with E-state index in [-0.39, 0.29) is 5.92 Å². The first-order valence-corrected chi connectivity index (χ1v) is 9.35. The second-order valence-corrected chi connectivity index (χ2v) is 8.45. The highest BCUT2D eigenvalue weighted by Gasteiger charge is 2.42. The molecule has 3 fully saturated rings. The molecule has 1 amide bonds. The molecule has 0 unspecified atom stereocenters. The maximum absolute atomic E-state index is 12.9. The van der Waals surface area contributed by atoms with Crippen LogP contribution >= 0.6 is 11.8 Å². The summed E-state index contributed by atoms with van der Waals surface area (Å²) in [5.74, 6) is 2.22. The molecular formula is C16H28N2OS. The third-order valence-electron chi connectivity index (χ3n) is 5.60. The molecule has 0 aromatic rings. The van der Waals surface area contributed by atoms with Crippen molar-refractivity contribution in [3.63, 3.8) is 0 Å². The molecule has 2 N–H and O–H groups in total. The van der Waals surface area contributed by atoms with Gasteiger partial charge in [-0.25, -0.2) is 0 Å². The molecule has 0 radical (unpaired) electrons. The highest BCUT2D eigenvalue weighted by atomic mass is 32.2. The summed E-state index contributed by atoms with van der Waals surface area (Å²) < 4.78 is 0.392. The molecule has 114 valence electrons. The van der Waals surface area contributed by atoms with Gasteiger partial charge in [0.15, 0.2) is 0 Å². The molecule has 3 aliphatic rings. The van der Waals surface area contributed by atoms with E-state index >= 15 is 0 Å². The normalized spacial score (nSPS) is 33.5. The number of hydrogen-bond donors (Lipinski definition) is 1. The maximum atomic E-state index is 12.9. The maximum Gasteiger partial charge on any atom is 0.226 e. The predicted molar refractivity (Wildman–Crippen MR) is 84.7 cm³/mol. The van der Waals surface area contributed by atoms with Crippen molar-refractivity contribution in [2.45, 2.75) is 56.1 Å². The lowest BCUT2D eigenvalue weighted by Crippen LogP contribution is -2.52. The molecular weight excluding hydrogens is 268 g/mol. The summed E-state index contributed by atoms with van der Waals surface area (Å²) in [4.78, 5) is 15.1. The lowest BCUT2D eigenvalue weighted by molar-refractivity contribution is -0.137. The fourth-order valence-corrected chi connectivity index (χ4v) is 5.98. The summed E-state index contributed by atoms with van der Waals surface area (Å²) in [5, 5.41) is 0. The summed E-state index contributed by atoms with van der Waals surface area (Å²) >= 11 is 2.14. The number of amides is 1. The van der Waals surface area contributed by atoms with Crippen molar-refractivity contribution in [2.75, 3.05) is 25.4 Å². The van der Waals surface area contributed by atoms with Crippen LogP contribution in [0.4, 0.5) is 0 Å². The van der Waals surface area contributed by atoms with Gasteiger partial charge < -0.3 is 10.6 Å². The summed E-state index contributed by atoms with van der Waals surface area (Å²) in [5.41, 5.74) is 5.85. The number of nitrogens with two attached hydrogens (primary N) is 1. The first-order chi connectivity index (χ1) is 9.74. The Morgan fingerprint density at radius 3 is 2.75 bits per heavy atom. The Morgan fingerprint density at radius 2 is 2.00 bits per heavy atom. The molecule has 0 bridgehead atoms. The van der Waals surface area contributed by atoms with Crippen LogP contribution in [0.25, 0.3) is 0 Å². The molecule has 3 rings (SSSR count). The Bertz CT molecular complexity index is 349. The largest absolute Gasteiger partial charge is 0.340 e. The fraction of sp³-hybridized carbons (Fsp3) is 0.938. The smallest absolute Gasteiger partial charge is 0.226 e. The summed E-state index contributed by atoms with van der Waals surface area (Å²) in [6, 6.07) is 0. The minimum absolute atomic E-state index is 0.226. The van der Waals surface area contributed by atoms with Gasteiger partial charge in [0.1, 0.15) is 0 Å². The van der Waals surface area contributed by atoms with Crippen LogP contribution in [0.2, 0.25) is 0 Å². The van der Waals surface area contributed by atoms with E-state index in [2.05, 4.69) is 16.7 Å². The number of thioether (sulfide) groups is 1. The molecule has 20 heavy (non-hydrogen) atoms. The topological polar surface area (TPSA) is 46.3 Å². The number of hydrogen-bond acceptors (Lipinski definition) is 3. The van der Waals surface area contributed by atoms with E-state index in [0.717, 1.165) is 31.7 Å². The first kappa shape index (κ1) is 14.7. The molecule has 1 aliphatic heterocycles. The Kier molecular flexibility index (Phi) is 4.61. The average molecular weight is 296 g/mol. The van der Waals surface area contributed by atoms with E-state index in [9.17, 15) is 4.79 Å². The van der Waals surface area contributed by atoms with E-state index in [4.69, 9.17) is 5.73 Å². The van der Waals surface area contributed by atoms with Gasteiger partial charge in [-0.15, -0.1) is 0 Å². The second-order valence-electron chi connectivity index (χ2n) is 6.89. The van der Waals surface area contributed by atoms with Gasteiger partial charge in [0.25, 0.3) is 0 Å². The summed E-state index contributed by atoms with van der Waals surface area (Å²) in [6.07, 6.45) is 10.1. The van der Waals surface area contributed by atoms with Gasteiger partial charge in [0.2, 0.25) is 5.91 Å². The quantitative estimate of drug-likeness (QED) is 0.852. The zero-order chi connectivity index (χ0) is 14.0. The van der Waals surface area contributed by atoms with Crippen LogP contribution in [0.3, 0.4) is 0 Å². The lowest BCUT2D eigenvalue weighted by Gasteiger charge is -2.45. The standard InChI is InChI=1S/C16H28N2OS/c17-11-13-5-4-6-14(13)15(19)18-9-10-20-16(12-18)7-2-1-3-8-16/h13-14H,1-12,17H2/t13-,14-/m1/s1. The minimum atomic E-state index is 0.226. The van der Waals surface area contributed by atoms with Crippen LogP contribution in [0.15, 0.2) is 0 Å². The van der Waals surface area contributed by atoms with E-state index < -0.39 is 0 Å². The number of carbonyl (C=O) groups excluding carboxylic acids is 1. The first-order valence-electron chi connectivity index (χ1n) is 8.37. The van der Waals surface area contributed by atoms with Crippen molar-refractivity contribution in [1.29, 1.82) is 0 Å². The molecule has 1 saturated heterocycles. The van der Waals surface area contributed by atoms with Crippen LogP contribution in [0, 0.1) is 11.8 Å². The zero-order valence-corrected chi connectivity index (χ0v) is 13.3. The van der Waals surface area contributed by atoms with E-state index in [1.807, 2.05) is 0 Å². The lowest BCUT2D eigenvalue weighted by atomic mass is 9.87. The molecule has 2 aliphatic carbocycles. The molecule has 4 heteroatoms. The third kappa shape index (κ3) is 2.87. The Labute approximate surface area is 127 Å². The van der Waals surface area contributed by atoms with Crippen molar-refractivity contribution >= 4 is 17.7 Å². The van der Waals surface area contributed by atoms with Gasteiger partial charge in [-0.2, -0.15) is 11.8 Å². The molecule has 0 aromatic carbocycles. The highest BCUT2D eigenvalue weighted by Crippen LogP contribution is 2.43. The van der Waals surface area contributed by atoms with Crippen molar-refractivity contribution in [2.24, 2.45) is 17.6 Å². The van der Waals surface area contributed by atoms with Gasteiger partial charge in [0.05, 0.1) is 0 Å². The van der Waals surface area contributed by atoms with Gasteiger partial charge >= 0.3 is 0 Å². The van der Waals surface area contributed by atoms with Gasteiger partial charge in [0, 0.05) is 29.5 Å². The minimum Gasteiger partial charge on any atom is -0.340 e. The van der Waals surface area contributed by atoms with Crippen molar-refractivity contribution < 1.29 is 4.79 Å². The average Bonchev–Trinajstić information content (AvgIpc) is 2.96. The van der Waals surface area contributed by atoms with Gasteiger partial charge in [-0.05, 0) is 38.1 Å². The Hall–Kier alpha value is -0.220. The van der Waals surface area contributed by atoms with Crippen LogP contribution < -0.4 is 5.73 Å². The van der Waals surface area contributed by atoms with E-state index in [1.54, 1.807) is 0 Å². The number of nitrogens with zero attached hydrogens (tertiary/aromatic N) is 1. The van der Waals surface area contributed by atoms with E-state index in [0.29, 0.717) is 23.1 Å². The Balaban J connectivity index is 1.65. The van der Waals surface area contributed by atoms with Crippen molar-refractivity contribution in [3.05, 3.63) is 0 Å². The van der Waals surface area contributed by atoms with Crippen molar-refractivity contribution in [3.8, 4) is 0 Å². The number of rotatable bonds is 2. The molecule has 0 aromatic heterocycles. The second kappa shape index (κ2) is 6.27. The highest BCUT2D eigenvalue weighted by molar-refractivity contribution is 8.00. The van der Waals surface area contributed by atoms with Crippen LogP contribution in [0.5, 0.6) is 0 Å². The third-order valence-corrected chi connectivity index (χ3v) is 7.14. The molecule has 1 heterocycles. The molecule has 2 atom stereocenters. The van der Waals surface area contributed by atoms with Gasteiger partial charge in [-0.3, -0.25) is 4.79 Å². The van der Waals surface area contributed by atoms with Crippen molar-refractivity contribution in [1.82, 2.24) is 4.90 Å². The monoisotopic (exact) mass is 296 g/mol. The number of carbonyl (C=O) groups is 1. The molecule has 3 nitrogen and oxygen atoms in total. The Morgan fingerprint density at radius 1 is 1.20 bits per heavy atom. The predicted octanol–water partition coefficient (Wildman–Crippen LogP) is 2.64. The van der Waals surface area contributed by atoms with E-state index in [1.165, 1.54) is 38.5 Å². The summed E-state index contributed by atoms with van der Waals surface area (Å²) in [7, 11) is 0. The SMILES string of the molecule is NC[C@H]1CCC[C@H]1C(=O)N1CCSC2(CCCCC2)C1. The van der Waals surface area contributed by atoms with Crippen LogP contribution in [0.1, 0.15) is 51.4 Å². The fourth-order valence-electron chi connectivity index (χ4n) is 4.41. The van der Waals surface area contributed by atoms with Gasteiger partial charge in [-0.1, -0.05) is 25.7 Å². The van der Waals surface area contributed by atoms with Crippen LogP contribution in [-0.4, -0.2) is 40.9 Å². The molecule has 1 spiro atoms. The van der Waals surface area contributed by atoms with Crippen LogP contribution in [-0.2, 0) is 4.79 Å². The summed E-state index contributed by atoms with van der Waals surface area (Å²) in [6.45, 7) is 2.65. The zero-order valence-electron chi connectivity index (χ0n) is 12.5.